The van der Waals surface area contributed by atoms with Crippen LogP contribution in [-0.2, 0) is 13.0 Å². The van der Waals surface area contributed by atoms with Gasteiger partial charge >= 0.3 is 5.97 Å². The third-order valence-corrected chi connectivity index (χ3v) is 3.27. The predicted molar refractivity (Wildman–Crippen MR) is 79.8 cm³/mol. The number of carbonyl (C=O) groups is 1. The van der Waals surface area contributed by atoms with E-state index in [9.17, 15) is 9.90 Å². The number of aromatic carboxylic acids is 1. The van der Waals surface area contributed by atoms with Crippen molar-refractivity contribution in [2.24, 2.45) is 5.92 Å². The maximum absolute atomic E-state index is 11.3. The van der Waals surface area contributed by atoms with Gasteiger partial charge in [-0.05, 0) is 30.0 Å². The standard InChI is InChI=1S/C16H20N2O3/c1-11(2)8-15-14(16(19)20)9-17-18(15)10-12-4-6-13(21-3)7-5-12/h4-7,9,11H,8,10H2,1-3H3,(H,19,20). The first-order chi connectivity index (χ1) is 10.0. The first kappa shape index (κ1) is 15.1. The fourth-order valence-corrected chi connectivity index (χ4v) is 2.23. The fraction of sp³-hybridized carbons (Fsp3) is 0.375. The second kappa shape index (κ2) is 6.43. The Morgan fingerprint density at radius 1 is 1.33 bits per heavy atom. The SMILES string of the molecule is COc1ccc(Cn2ncc(C(=O)O)c2CC(C)C)cc1. The molecule has 21 heavy (non-hydrogen) atoms. The average molecular weight is 288 g/mol. The highest BCUT2D eigenvalue weighted by molar-refractivity contribution is 5.88. The molecule has 0 unspecified atom stereocenters. The second-order valence-corrected chi connectivity index (χ2v) is 5.41. The lowest BCUT2D eigenvalue weighted by Gasteiger charge is -2.11. The van der Waals surface area contributed by atoms with Gasteiger partial charge in [0.1, 0.15) is 11.3 Å². The van der Waals surface area contributed by atoms with E-state index in [1.165, 1.54) is 6.20 Å². The largest absolute Gasteiger partial charge is 0.497 e. The molecule has 1 N–H and O–H groups in total. The van der Waals surface area contributed by atoms with Gasteiger partial charge in [0.25, 0.3) is 0 Å². The molecule has 1 heterocycles. The average Bonchev–Trinajstić information content (AvgIpc) is 2.82. The molecular formula is C16H20N2O3. The van der Waals surface area contributed by atoms with Crippen molar-refractivity contribution in [3.8, 4) is 5.75 Å². The molecular weight excluding hydrogens is 268 g/mol. The topological polar surface area (TPSA) is 64.4 Å². The second-order valence-electron chi connectivity index (χ2n) is 5.41. The highest BCUT2D eigenvalue weighted by Crippen LogP contribution is 2.17. The van der Waals surface area contributed by atoms with Crippen molar-refractivity contribution in [1.29, 1.82) is 0 Å². The monoisotopic (exact) mass is 288 g/mol. The van der Waals surface area contributed by atoms with Crippen molar-refractivity contribution in [3.63, 3.8) is 0 Å². The van der Waals surface area contributed by atoms with E-state index >= 15 is 0 Å². The molecule has 112 valence electrons. The molecule has 5 nitrogen and oxygen atoms in total. The van der Waals surface area contributed by atoms with Crippen molar-refractivity contribution >= 4 is 5.97 Å². The van der Waals surface area contributed by atoms with E-state index in [0.29, 0.717) is 18.9 Å². The lowest BCUT2D eigenvalue weighted by Crippen LogP contribution is -2.11. The number of hydrogen-bond acceptors (Lipinski definition) is 3. The predicted octanol–water partition coefficient (Wildman–Crippen LogP) is 2.84. The number of rotatable bonds is 6. The molecule has 0 aliphatic rings. The van der Waals surface area contributed by atoms with Crippen LogP contribution in [0.15, 0.2) is 30.5 Å². The van der Waals surface area contributed by atoms with Gasteiger partial charge in [-0.1, -0.05) is 26.0 Å². The van der Waals surface area contributed by atoms with E-state index in [0.717, 1.165) is 17.0 Å². The van der Waals surface area contributed by atoms with Gasteiger partial charge in [-0.15, -0.1) is 0 Å². The molecule has 1 aromatic heterocycles. The Balaban J connectivity index is 2.27. The zero-order chi connectivity index (χ0) is 15.4. The maximum Gasteiger partial charge on any atom is 0.339 e. The zero-order valence-electron chi connectivity index (χ0n) is 12.5. The summed E-state index contributed by atoms with van der Waals surface area (Å²) in [6, 6.07) is 7.69. The highest BCUT2D eigenvalue weighted by atomic mass is 16.5. The van der Waals surface area contributed by atoms with Gasteiger partial charge in [-0.25, -0.2) is 4.79 Å². The van der Waals surface area contributed by atoms with Crippen molar-refractivity contribution < 1.29 is 14.6 Å². The number of aromatic nitrogens is 2. The molecule has 0 saturated carbocycles. The number of carboxylic acids is 1. The summed E-state index contributed by atoms with van der Waals surface area (Å²) in [6.07, 6.45) is 2.13. The van der Waals surface area contributed by atoms with Gasteiger partial charge in [0, 0.05) is 0 Å². The van der Waals surface area contributed by atoms with Crippen LogP contribution in [0, 0.1) is 5.92 Å². The minimum atomic E-state index is -0.924. The molecule has 1 aromatic carbocycles. The van der Waals surface area contributed by atoms with E-state index in [2.05, 4.69) is 18.9 Å². The number of benzene rings is 1. The minimum Gasteiger partial charge on any atom is -0.497 e. The molecule has 0 fully saturated rings. The molecule has 0 spiro atoms. The van der Waals surface area contributed by atoms with Gasteiger partial charge in [-0.2, -0.15) is 5.10 Å². The van der Waals surface area contributed by atoms with Crippen molar-refractivity contribution in [2.45, 2.75) is 26.8 Å². The molecule has 0 saturated heterocycles. The molecule has 0 aliphatic carbocycles. The number of ether oxygens (including phenoxy) is 1. The van der Waals surface area contributed by atoms with Crippen LogP contribution in [0.25, 0.3) is 0 Å². The molecule has 0 atom stereocenters. The van der Waals surface area contributed by atoms with Crippen LogP contribution in [-0.4, -0.2) is 28.0 Å². The minimum absolute atomic E-state index is 0.289. The summed E-state index contributed by atoms with van der Waals surface area (Å²) in [7, 11) is 1.63. The van der Waals surface area contributed by atoms with E-state index in [-0.39, 0.29) is 5.56 Å². The smallest absolute Gasteiger partial charge is 0.339 e. The van der Waals surface area contributed by atoms with E-state index in [1.54, 1.807) is 11.8 Å². The molecule has 0 amide bonds. The van der Waals surface area contributed by atoms with Crippen molar-refractivity contribution in [2.75, 3.05) is 7.11 Å². The molecule has 2 rings (SSSR count). The Morgan fingerprint density at radius 2 is 2.00 bits per heavy atom. The summed E-state index contributed by atoms with van der Waals surface area (Å²) in [4.78, 5) is 11.3. The fourth-order valence-electron chi connectivity index (χ4n) is 2.23. The van der Waals surface area contributed by atoms with Gasteiger partial charge in [0.2, 0.25) is 0 Å². The summed E-state index contributed by atoms with van der Waals surface area (Å²) >= 11 is 0. The first-order valence-corrected chi connectivity index (χ1v) is 6.92. The van der Waals surface area contributed by atoms with E-state index in [1.807, 2.05) is 24.3 Å². The maximum atomic E-state index is 11.3. The van der Waals surface area contributed by atoms with Gasteiger partial charge in [-0.3, -0.25) is 4.68 Å². The zero-order valence-corrected chi connectivity index (χ0v) is 12.5. The van der Waals surface area contributed by atoms with Crippen LogP contribution in [0.2, 0.25) is 0 Å². The van der Waals surface area contributed by atoms with Crippen LogP contribution in [0.1, 0.15) is 35.5 Å². The van der Waals surface area contributed by atoms with Crippen molar-refractivity contribution in [1.82, 2.24) is 9.78 Å². The lowest BCUT2D eigenvalue weighted by molar-refractivity contribution is 0.0695. The van der Waals surface area contributed by atoms with Crippen LogP contribution < -0.4 is 4.74 Å². The lowest BCUT2D eigenvalue weighted by atomic mass is 10.0. The number of methoxy groups -OCH3 is 1. The quantitative estimate of drug-likeness (QED) is 0.887. The third kappa shape index (κ3) is 3.62. The molecule has 0 bridgehead atoms. The Bertz CT molecular complexity index is 615. The summed E-state index contributed by atoms with van der Waals surface area (Å²) in [6.45, 7) is 4.69. The number of nitrogens with zero attached hydrogens (tertiary/aromatic N) is 2. The van der Waals surface area contributed by atoms with Crippen LogP contribution in [0.5, 0.6) is 5.75 Å². The number of carboxylic acid groups (broad SMARTS) is 1. The van der Waals surface area contributed by atoms with Crippen LogP contribution in [0.4, 0.5) is 0 Å². The Labute approximate surface area is 124 Å². The number of hydrogen-bond donors (Lipinski definition) is 1. The summed E-state index contributed by atoms with van der Waals surface area (Å²) < 4.78 is 6.90. The van der Waals surface area contributed by atoms with Crippen LogP contribution >= 0.6 is 0 Å². The van der Waals surface area contributed by atoms with E-state index < -0.39 is 5.97 Å². The summed E-state index contributed by atoms with van der Waals surface area (Å²) in [5, 5.41) is 13.5. The molecule has 0 aliphatic heterocycles. The van der Waals surface area contributed by atoms with Gasteiger partial charge in [0.15, 0.2) is 0 Å². The summed E-state index contributed by atoms with van der Waals surface area (Å²) in [5.74, 6) is 0.244. The molecule has 5 heteroatoms. The normalized spacial score (nSPS) is 10.9. The third-order valence-electron chi connectivity index (χ3n) is 3.27. The highest BCUT2D eigenvalue weighted by Gasteiger charge is 2.17. The van der Waals surface area contributed by atoms with Crippen molar-refractivity contribution in [3.05, 3.63) is 47.3 Å². The first-order valence-electron chi connectivity index (χ1n) is 6.92. The summed E-state index contributed by atoms with van der Waals surface area (Å²) in [5.41, 5.74) is 2.12. The van der Waals surface area contributed by atoms with Gasteiger partial charge in [0.05, 0.1) is 25.5 Å². The Hall–Kier alpha value is -2.30. The molecule has 0 radical (unpaired) electrons. The Kier molecular flexibility index (Phi) is 4.62. The van der Waals surface area contributed by atoms with E-state index in [4.69, 9.17) is 4.74 Å². The molecule has 2 aromatic rings. The van der Waals surface area contributed by atoms with Gasteiger partial charge < -0.3 is 9.84 Å². The Morgan fingerprint density at radius 3 is 2.52 bits per heavy atom. The van der Waals surface area contributed by atoms with Crippen LogP contribution in [0.3, 0.4) is 0 Å².